The SMILES string of the molecule is CC(C)(C)n1cc(CNC[C@@H]2CCCN2c2cccnn2)cn1. The van der Waals surface area contributed by atoms with Gasteiger partial charge in [-0.15, -0.1) is 5.10 Å². The molecular weight excluding hydrogens is 288 g/mol. The maximum atomic E-state index is 4.45. The Bertz CT molecular complexity index is 616. The number of rotatable bonds is 5. The molecule has 0 aromatic carbocycles. The first-order valence-corrected chi connectivity index (χ1v) is 8.33. The molecule has 124 valence electrons. The van der Waals surface area contributed by atoms with Gasteiger partial charge in [0.05, 0.1) is 11.7 Å². The largest absolute Gasteiger partial charge is 0.351 e. The van der Waals surface area contributed by atoms with E-state index < -0.39 is 0 Å². The van der Waals surface area contributed by atoms with Crippen LogP contribution in [0.1, 0.15) is 39.2 Å². The number of anilines is 1. The van der Waals surface area contributed by atoms with Gasteiger partial charge in [-0.05, 0) is 45.7 Å². The fourth-order valence-electron chi connectivity index (χ4n) is 3.00. The molecule has 2 aromatic heterocycles. The molecule has 1 aliphatic heterocycles. The molecule has 1 aliphatic rings. The van der Waals surface area contributed by atoms with Crippen LogP contribution in [-0.2, 0) is 12.1 Å². The second-order valence-electron chi connectivity index (χ2n) is 7.17. The molecule has 0 saturated carbocycles. The first kappa shape index (κ1) is 15.9. The normalized spacial score (nSPS) is 18.6. The van der Waals surface area contributed by atoms with Gasteiger partial charge in [-0.1, -0.05) is 0 Å². The third-order valence-electron chi connectivity index (χ3n) is 4.26. The van der Waals surface area contributed by atoms with Crippen LogP contribution in [0.2, 0.25) is 0 Å². The molecule has 1 saturated heterocycles. The summed E-state index contributed by atoms with van der Waals surface area (Å²) < 4.78 is 2.02. The Morgan fingerprint density at radius 2 is 2.22 bits per heavy atom. The summed E-state index contributed by atoms with van der Waals surface area (Å²) in [4.78, 5) is 2.36. The van der Waals surface area contributed by atoms with E-state index in [9.17, 15) is 0 Å². The lowest BCUT2D eigenvalue weighted by Crippen LogP contribution is -2.38. The van der Waals surface area contributed by atoms with Crippen molar-refractivity contribution in [2.24, 2.45) is 0 Å². The molecule has 0 aliphatic carbocycles. The zero-order chi connectivity index (χ0) is 16.3. The van der Waals surface area contributed by atoms with Crippen molar-refractivity contribution < 1.29 is 0 Å². The predicted molar refractivity (Wildman–Crippen MR) is 91.3 cm³/mol. The minimum atomic E-state index is 0.0342. The van der Waals surface area contributed by atoms with E-state index >= 15 is 0 Å². The summed E-state index contributed by atoms with van der Waals surface area (Å²) in [5.41, 5.74) is 1.26. The third-order valence-corrected chi connectivity index (χ3v) is 4.26. The van der Waals surface area contributed by atoms with Gasteiger partial charge in [-0.3, -0.25) is 4.68 Å². The first-order valence-electron chi connectivity index (χ1n) is 8.33. The lowest BCUT2D eigenvalue weighted by atomic mass is 10.1. The third kappa shape index (κ3) is 3.88. The Morgan fingerprint density at radius 1 is 1.35 bits per heavy atom. The van der Waals surface area contributed by atoms with Crippen molar-refractivity contribution in [2.75, 3.05) is 18.0 Å². The van der Waals surface area contributed by atoms with Crippen molar-refractivity contribution >= 4 is 5.82 Å². The van der Waals surface area contributed by atoms with Gasteiger partial charge in [0, 0.05) is 43.6 Å². The lowest BCUT2D eigenvalue weighted by Gasteiger charge is -2.25. The van der Waals surface area contributed by atoms with E-state index in [1.165, 1.54) is 18.4 Å². The fraction of sp³-hybridized carbons (Fsp3) is 0.588. The average molecular weight is 314 g/mol. The molecule has 0 bridgehead atoms. The highest BCUT2D eigenvalue weighted by molar-refractivity contribution is 5.39. The molecule has 23 heavy (non-hydrogen) atoms. The van der Waals surface area contributed by atoms with E-state index in [-0.39, 0.29) is 5.54 Å². The van der Waals surface area contributed by atoms with Crippen LogP contribution in [0.25, 0.3) is 0 Å². The van der Waals surface area contributed by atoms with Crippen molar-refractivity contribution in [1.82, 2.24) is 25.3 Å². The number of nitrogens with zero attached hydrogens (tertiary/aromatic N) is 5. The molecule has 3 rings (SSSR count). The summed E-state index contributed by atoms with van der Waals surface area (Å²) in [6.45, 7) is 9.35. The second kappa shape index (κ2) is 6.66. The molecule has 0 amide bonds. The van der Waals surface area contributed by atoms with Crippen LogP contribution < -0.4 is 10.2 Å². The summed E-state index contributed by atoms with van der Waals surface area (Å²) in [6, 6.07) is 4.48. The van der Waals surface area contributed by atoms with E-state index in [0.717, 1.165) is 25.5 Å². The monoisotopic (exact) mass is 314 g/mol. The number of nitrogens with one attached hydrogen (secondary N) is 1. The molecule has 0 unspecified atom stereocenters. The fourth-order valence-corrected chi connectivity index (χ4v) is 3.00. The molecule has 3 heterocycles. The van der Waals surface area contributed by atoms with Gasteiger partial charge < -0.3 is 10.2 Å². The van der Waals surface area contributed by atoms with Gasteiger partial charge >= 0.3 is 0 Å². The molecule has 0 radical (unpaired) electrons. The maximum Gasteiger partial charge on any atom is 0.151 e. The number of hydrogen-bond donors (Lipinski definition) is 1. The van der Waals surface area contributed by atoms with Crippen LogP contribution in [-0.4, -0.2) is 39.1 Å². The summed E-state index contributed by atoms with van der Waals surface area (Å²) in [6.07, 6.45) is 8.21. The molecule has 6 heteroatoms. The average Bonchev–Trinajstić information content (AvgIpc) is 3.17. The zero-order valence-electron chi connectivity index (χ0n) is 14.2. The van der Waals surface area contributed by atoms with Gasteiger partial charge in [0.25, 0.3) is 0 Å². The molecule has 6 nitrogen and oxygen atoms in total. The van der Waals surface area contributed by atoms with Crippen LogP contribution in [0.4, 0.5) is 5.82 Å². The van der Waals surface area contributed by atoms with Crippen LogP contribution >= 0.6 is 0 Å². The molecule has 1 N–H and O–H groups in total. The molecule has 1 fully saturated rings. The predicted octanol–water partition coefficient (Wildman–Crippen LogP) is 2.19. The van der Waals surface area contributed by atoms with Crippen molar-refractivity contribution in [1.29, 1.82) is 0 Å². The Balaban J connectivity index is 1.53. The zero-order valence-corrected chi connectivity index (χ0v) is 14.2. The van der Waals surface area contributed by atoms with Gasteiger partial charge in [-0.2, -0.15) is 10.2 Å². The van der Waals surface area contributed by atoms with Crippen LogP contribution in [0.5, 0.6) is 0 Å². The quantitative estimate of drug-likeness (QED) is 0.917. The Morgan fingerprint density at radius 3 is 2.91 bits per heavy atom. The van der Waals surface area contributed by atoms with E-state index in [4.69, 9.17) is 0 Å². The molecule has 1 atom stereocenters. The second-order valence-corrected chi connectivity index (χ2v) is 7.17. The highest BCUT2D eigenvalue weighted by Gasteiger charge is 2.25. The number of aromatic nitrogens is 4. The van der Waals surface area contributed by atoms with Gasteiger partial charge in [0.15, 0.2) is 5.82 Å². The summed E-state index contributed by atoms with van der Waals surface area (Å²) in [5, 5.41) is 16.2. The highest BCUT2D eigenvalue weighted by atomic mass is 15.3. The van der Waals surface area contributed by atoms with Crippen molar-refractivity contribution in [2.45, 2.75) is 51.7 Å². The van der Waals surface area contributed by atoms with Crippen LogP contribution in [0, 0.1) is 0 Å². The van der Waals surface area contributed by atoms with Crippen LogP contribution in [0.3, 0.4) is 0 Å². The van der Waals surface area contributed by atoms with E-state index in [2.05, 4.69) is 52.5 Å². The van der Waals surface area contributed by atoms with E-state index in [1.54, 1.807) is 6.20 Å². The molecule has 0 spiro atoms. The standard InChI is InChI=1S/C17H26N6/c1-17(2,3)23-13-14(11-20-23)10-18-12-15-6-5-9-22(15)16-7-4-8-19-21-16/h4,7-8,11,13,15,18H,5-6,9-10,12H2,1-3H3/t15-/m0/s1. The van der Waals surface area contributed by atoms with E-state index in [1.807, 2.05) is 23.0 Å². The van der Waals surface area contributed by atoms with Crippen molar-refractivity contribution in [3.05, 3.63) is 36.3 Å². The summed E-state index contributed by atoms with van der Waals surface area (Å²) in [7, 11) is 0. The van der Waals surface area contributed by atoms with Gasteiger partial charge in [-0.25, -0.2) is 0 Å². The summed E-state index contributed by atoms with van der Waals surface area (Å²) in [5.74, 6) is 0.984. The minimum Gasteiger partial charge on any atom is -0.351 e. The summed E-state index contributed by atoms with van der Waals surface area (Å²) >= 11 is 0. The lowest BCUT2D eigenvalue weighted by molar-refractivity contribution is 0.355. The number of hydrogen-bond acceptors (Lipinski definition) is 5. The molecule has 2 aromatic rings. The van der Waals surface area contributed by atoms with E-state index in [0.29, 0.717) is 6.04 Å². The first-order chi connectivity index (χ1) is 11.0. The van der Waals surface area contributed by atoms with Crippen molar-refractivity contribution in [3.63, 3.8) is 0 Å². The highest BCUT2D eigenvalue weighted by Crippen LogP contribution is 2.22. The smallest absolute Gasteiger partial charge is 0.151 e. The topological polar surface area (TPSA) is 58.9 Å². The van der Waals surface area contributed by atoms with Gasteiger partial charge in [0.1, 0.15) is 0 Å². The molecular formula is C17H26N6. The minimum absolute atomic E-state index is 0.0342. The van der Waals surface area contributed by atoms with Gasteiger partial charge in [0.2, 0.25) is 0 Å². The Labute approximate surface area is 137 Å². The Kier molecular flexibility index (Phi) is 4.61. The maximum absolute atomic E-state index is 4.45. The Hall–Kier alpha value is -1.95. The van der Waals surface area contributed by atoms with Crippen LogP contribution in [0.15, 0.2) is 30.7 Å². The van der Waals surface area contributed by atoms with Crippen molar-refractivity contribution in [3.8, 4) is 0 Å².